The van der Waals surface area contributed by atoms with Crippen molar-refractivity contribution in [3.8, 4) is 0 Å². The van der Waals surface area contributed by atoms with Crippen molar-refractivity contribution in [3.05, 3.63) is 35.9 Å². The molecule has 0 saturated carbocycles. The highest BCUT2D eigenvalue weighted by atomic mass is 16.6. The Morgan fingerprint density at radius 1 is 1.32 bits per heavy atom. The van der Waals surface area contributed by atoms with E-state index in [0.29, 0.717) is 6.04 Å². The van der Waals surface area contributed by atoms with Gasteiger partial charge >= 0.3 is 6.09 Å². The Labute approximate surface area is 134 Å². The largest absolute Gasteiger partial charge is 0.444 e. The van der Waals surface area contributed by atoms with Gasteiger partial charge in [-0.15, -0.1) is 0 Å². The van der Waals surface area contributed by atoms with Crippen LogP contribution in [0, 0.1) is 0 Å². The third kappa shape index (κ3) is 4.73. The van der Waals surface area contributed by atoms with Gasteiger partial charge in [0.2, 0.25) is 0 Å². The Morgan fingerprint density at radius 2 is 2.00 bits per heavy atom. The Kier molecular flexibility index (Phi) is 5.46. The summed E-state index contributed by atoms with van der Waals surface area (Å²) < 4.78 is 5.47. The fourth-order valence-corrected chi connectivity index (χ4v) is 2.85. The minimum absolute atomic E-state index is 0.189. The van der Waals surface area contributed by atoms with Crippen molar-refractivity contribution >= 4 is 6.09 Å². The molecule has 2 rings (SSSR count). The molecule has 1 unspecified atom stereocenters. The maximum atomic E-state index is 12.2. The second-order valence-corrected chi connectivity index (χ2v) is 6.92. The topological polar surface area (TPSA) is 32.8 Å². The maximum absolute atomic E-state index is 12.2. The molecule has 1 heterocycles. The van der Waals surface area contributed by atoms with E-state index in [9.17, 15) is 4.79 Å². The van der Waals surface area contributed by atoms with Crippen LogP contribution in [0.3, 0.4) is 0 Å². The molecule has 0 radical (unpaired) electrons. The van der Waals surface area contributed by atoms with Crippen LogP contribution in [0.1, 0.15) is 39.7 Å². The van der Waals surface area contributed by atoms with Crippen molar-refractivity contribution in [2.24, 2.45) is 0 Å². The number of likely N-dealkylation sites (N-methyl/N-ethyl adjacent to an activating group) is 1. The van der Waals surface area contributed by atoms with Gasteiger partial charge in [-0.25, -0.2) is 4.79 Å². The fraction of sp³-hybridized carbons (Fsp3) is 0.611. The van der Waals surface area contributed by atoms with Gasteiger partial charge in [-0.05, 0) is 39.3 Å². The van der Waals surface area contributed by atoms with Crippen molar-refractivity contribution in [2.45, 2.75) is 52.3 Å². The highest BCUT2D eigenvalue weighted by Gasteiger charge is 2.32. The summed E-state index contributed by atoms with van der Waals surface area (Å²) in [6.45, 7) is 11.4. The first-order valence-electron chi connectivity index (χ1n) is 8.15. The third-order valence-electron chi connectivity index (χ3n) is 3.97. The number of carbonyl (C=O) groups excluding carboxylic acids is 1. The minimum atomic E-state index is -0.427. The van der Waals surface area contributed by atoms with E-state index in [4.69, 9.17) is 4.74 Å². The summed E-state index contributed by atoms with van der Waals surface area (Å²) in [5, 5.41) is 0. The predicted octanol–water partition coefficient (Wildman–Crippen LogP) is 3.52. The molecule has 1 atom stereocenters. The summed E-state index contributed by atoms with van der Waals surface area (Å²) in [6, 6.07) is 10.9. The first kappa shape index (κ1) is 16.8. The Hall–Kier alpha value is -1.55. The van der Waals surface area contributed by atoms with E-state index in [1.54, 1.807) is 0 Å². The molecular weight excluding hydrogens is 276 g/mol. The molecule has 22 heavy (non-hydrogen) atoms. The second kappa shape index (κ2) is 7.14. The molecule has 1 saturated heterocycles. The van der Waals surface area contributed by atoms with Gasteiger partial charge < -0.3 is 9.64 Å². The number of hydrogen-bond acceptors (Lipinski definition) is 3. The third-order valence-corrected chi connectivity index (χ3v) is 3.97. The lowest BCUT2D eigenvalue weighted by molar-refractivity contribution is 0.0279. The van der Waals surface area contributed by atoms with Gasteiger partial charge in [-0.2, -0.15) is 0 Å². The highest BCUT2D eigenvalue weighted by Crippen LogP contribution is 2.20. The second-order valence-electron chi connectivity index (χ2n) is 6.92. The molecule has 1 aromatic carbocycles. The average Bonchev–Trinajstić information content (AvgIpc) is 2.94. The first-order valence-corrected chi connectivity index (χ1v) is 8.15. The van der Waals surface area contributed by atoms with Gasteiger partial charge in [0.15, 0.2) is 0 Å². The number of likely N-dealkylation sites (tertiary alicyclic amines) is 1. The lowest BCUT2D eigenvalue weighted by Gasteiger charge is -2.28. The number of amides is 1. The quantitative estimate of drug-likeness (QED) is 0.853. The van der Waals surface area contributed by atoms with Crippen molar-refractivity contribution in [3.63, 3.8) is 0 Å². The number of carbonyl (C=O) groups is 1. The van der Waals surface area contributed by atoms with Gasteiger partial charge in [0.25, 0.3) is 0 Å². The molecule has 4 heteroatoms. The predicted molar refractivity (Wildman–Crippen MR) is 88.7 cm³/mol. The van der Waals surface area contributed by atoms with E-state index < -0.39 is 5.60 Å². The van der Waals surface area contributed by atoms with Gasteiger partial charge in [-0.1, -0.05) is 37.3 Å². The minimum Gasteiger partial charge on any atom is -0.444 e. The van der Waals surface area contributed by atoms with Gasteiger partial charge in [-0.3, -0.25) is 4.90 Å². The molecule has 0 aliphatic carbocycles. The maximum Gasteiger partial charge on any atom is 0.410 e. The zero-order valence-electron chi connectivity index (χ0n) is 14.2. The van der Waals surface area contributed by atoms with Crippen LogP contribution in [0.5, 0.6) is 0 Å². The van der Waals surface area contributed by atoms with Gasteiger partial charge in [0.1, 0.15) is 5.60 Å². The molecule has 0 bridgehead atoms. The van der Waals surface area contributed by atoms with E-state index in [-0.39, 0.29) is 6.09 Å². The molecule has 1 aliphatic heterocycles. The molecule has 0 spiro atoms. The van der Waals surface area contributed by atoms with Crippen molar-refractivity contribution < 1.29 is 9.53 Å². The summed E-state index contributed by atoms with van der Waals surface area (Å²) in [7, 11) is 0. The number of nitrogens with zero attached hydrogens (tertiary/aromatic N) is 2. The van der Waals surface area contributed by atoms with Crippen LogP contribution < -0.4 is 0 Å². The Morgan fingerprint density at radius 3 is 2.59 bits per heavy atom. The summed E-state index contributed by atoms with van der Waals surface area (Å²) >= 11 is 0. The molecule has 1 amide bonds. The SMILES string of the molecule is CCN(Cc1ccccc1)C1CCN(C(=O)OC(C)(C)C)C1. The number of hydrogen-bond donors (Lipinski definition) is 0. The average molecular weight is 304 g/mol. The molecule has 1 aliphatic rings. The van der Waals surface area contributed by atoms with E-state index in [1.807, 2.05) is 31.7 Å². The molecule has 1 aromatic rings. The summed E-state index contributed by atoms with van der Waals surface area (Å²) in [5.41, 5.74) is 0.893. The molecule has 0 N–H and O–H groups in total. The zero-order chi connectivity index (χ0) is 16.2. The Balaban J connectivity index is 1.91. The fourth-order valence-electron chi connectivity index (χ4n) is 2.85. The number of rotatable bonds is 4. The van der Waals surface area contributed by atoms with Crippen LogP contribution >= 0.6 is 0 Å². The number of ether oxygens (including phenoxy) is 1. The van der Waals surface area contributed by atoms with E-state index in [1.165, 1.54) is 5.56 Å². The molecule has 0 aromatic heterocycles. The van der Waals surface area contributed by atoms with Crippen LogP contribution in [-0.2, 0) is 11.3 Å². The lowest BCUT2D eigenvalue weighted by Crippen LogP contribution is -2.40. The van der Waals surface area contributed by atoms with Crippen LogP contribution in [-0.4, -0.2) is 47.2 Å². The van der Waals surface area contributed by atoms with Crippen LogP contribution in [0.25, 0.3) is 0 Å². The van der Waals surface area contributed by atoms with Crippen LogP contribution in [0.4, 0.5) is 4.79 Å². The van der Waals surface area contributed by atoms with E-state index >= 15 is 0 Å². The summed E-state index contributed by atoms with van der Waals surface area (Å²) in [6.07, 6.45) is 0.825. The van der Waals surface area contributed by atoms with Gasteiger partial charge in [0.05, 0.1) is 0 Å². The molecule has 122 valence electrons. The molecular formula is C18H28N2O2. The lowest BCUT2D eigenvalue weighted by atomic mass is 10.1. The van der Waals surface area contributed by atoms with Crippen LogP contribution in [0.15, 0.2) is 30.3 Å². The van der Waals surface area contributed by atoms with E-state index in [0.717, 1.165) is 32.6 Å². The molecule has 4 nitrogen and oxygen atoms in total. The normalized spacial score (nSPS) is 18.8. The highest BCUT2D eigenvalue weighted by molar-refractivity contribution is 5.68. The van der Waals surface area contributed by atoms with Crippen molar-refractivity contribution in [2.75, 3.05) is 19.6 Å². The Bertz CT molecular complexity index is 482. The monoisotopic (exact) mass is 304 g/mol. The first-order chi connectivity index (χ1) is 10.4. The van der Waals surface area contributed by atoms with Crippen LogP contribution in [0.2, 0.25) is 0 Å². The smallest absolute Gasteiger partial charge is 0.410 e. The van der Waals surface area contributed by atoms with Crippen molar-refractivity contribution in [1.82, 2.24) is 9.80 Å². The summed E-state index contributed by atoms with van der Waals surface area (Å²) in [4.78, 5) is 16.4. The van der Waals surface area contributed by atoms with E-state index in [2.05, 4.69) is 36.1 Å². The van der Waals surface area contributed by atoms with Gasteiger partial charge in [0, 0.05) is 25.7 Å². The number of benzene rings is 1. The molecule has 1 fully saturated rings. The standard InChI is InChI=1S/C18H28N2O2/c1-5-19(13-15-9-7-6-8-10-15)16-11-12-20(14-16)17(21)22-18(2,3)4/h6-10,16H,5,11-14H2,1-4H3. The summed E-state index contributed by atoms with van der Waals surface area (Å²) in [5.74, 6) is 0. The zero-order valence-corrected chi connectivity index (χ0v) is 14.2. The van der Waals surface area contributed by atoms with Crippen molar-refractivity contribution in [1.29, 1.82) is 0 Å².